The van der Waals surface area contributed by atoms with Gasteiger partial charge in [0.1, 0.15) is 5.58 Å². The van der Waals surface area contributed by atoms with Crippen molar-refractivity contribution in [1.82, 2.24) is 4.90 Å². The predicted molar refractivity (Wildman–Crippen MR) is 120 cm³/mol. The van der Waals surface area contributed by atoms with E-state index in [2.05, 4.69) is 6.92 Å². The Labute approximate surface area is 186 Å². The number of hydrogen-bond donors (Lipinski definition) is 1. The molecule has 7 heteroatoms. The fourth-order valence-corrected chi connectivity index (χ4v) is 4.16. The first-order valence-corrected chi connectivity index (χ1v) is 10.9. The normalized spacial score (nSPS) is 15.3. The van der Waals surface area contributed by atoms with Crippen molar-refractivity contribution in [3.8, 4) is 11.5 Å². The van der Waals surface area contributed by atoms with Crippen molar-refractivity contribution in [1.29, 1.82) is 0 Å². The first-order chi connectivity index (χ1) is 15.6. The Morgan fingerprint density at radius 3 is 2.66 bits per heavy atom. The van der Waals surface area contributed by atoms with Gasteiger partial charge in [0.25, 0.3) is 5.91 Å². The second-order valence-electron chi connectivity index (χ2n) is 7.76. The Hall–Kier alpha value is -3.32. The summed E-state index contributed by atoms with van der Waals surface area (Å²) in [7, 11) is 1.55. The number of hydrogen-bond acceptors (Lipinski definition) is 6. The molecule has 1 aromatic heterocycles. The molecule has 1 amide bonds. The van der Waals surface area contributed by atoms with E-state index in [-0.39, 0.29) is 29.9 Å². The summed E-state index contributed by atoms with van der Waals surface area (Å²) in [6.45, 7) is 2.55. The van der Waals surface area contributed by atoms with Crippen LogP contribution in [0, 0.1) is 0 Å². The fraction of sp³-hybridized carbons (Fsp3) is 0.360. The van der Waals surface area contributed by atoms with Crippen LogP contribution in [-0.2, 0) is 0 Å². The minimum absolute atomic E-state index is 0.0195. The maximum absolute atomic E-state index is 13.4. The van der Waals surface area contributed by atoms with Crippen LogP contribution in [-0.4, -0.2) is 42.8 Å². The summed E-state index contributed by atoms with van der Waals surface area (Å²) in [5, 5.41) is 10.00. The van der Waals surface area contributed by atoms with Crippen molar-refractivity contribution in [3.63, 3.8) is 0 Å². The Morgan fingerprint density at radius 1 is 1.09 bits per heavy atom. The molecule has 0 aliphatic carbocycles. The van der Waals surface area contributed by atoms with Crippen LogP contribution in [0.2, 0.25) is 0 Å². The number of nitrogens with zero attached hydrogens (tertiary/aromatic N) is 1. The van der Waals surface area contributed by atoms with E-state index in [0.29, 0.717) is 34.6 Å². The highest BCUT2D eigenvalue weighted by molar-refractivity contribution is 5.99. The summed E-state index contributed by atoms with van der Waals surface area (Å²) in [6.07, 6.45) is 3.14. The van der Waals surface area contributed by atoms with Gasteiger partial charge in [-0.15, -0.1) is 0 Å². The molecule has 0 fully saturated rings. The average molecular weight is 437 g/mol. The van der Waals surface area contributed by atoms with Crippen molar-refractivity contribution in [2.24, 2.45) is 0 Å². The first-order valence-electron chi connectivity index (χ1n) is 10.9. The molecule has 1 N–H and O–H groups in total. The molecule has 0 radical (unpaired) electrons. The van der Waals surface area contributed by atoms with E-state index < -0.39 is 11.9 Å². The van der Waals surface area contributed by atoms with E-state index in [1.165, 1.54) is 4.90 Å². The van der Waals surface area contributed by atoms with Crippen molar-refractivity contribution in [3.05, 3.63) is 69.6 Å². The van der Waals surface area contributed by atoms with Gasteiger partial charge in [-0.2, -0.15) is 0 Å². The molecular weight excluding hydrogens is 410 g/mol. The van der Waals surface area contributed by atoms with E-state index in [0.717, 1.165) is 19.3 Å². The van der Waals surface area contributed by atoms with Crippen LogP contribution in [0.4, 0.5) is 0 Å². The number of fused-ring (bicyclic) bond motifs is 2. The van der Waals surface area contributed by atoms with Gasteiger partial charge in [0.2, 0.25) is 5.76 Å². The molecule has 2 aromatic carbocycles. The average Bonchev–Trinajstić information content (AvgIpc) is 3.09. The molecule has 1 aliphatic rings. The third-order valence-electron chi connectivity index (χ3n) is 5.72. The van der Waals surface area contributed by atoms with Crippen LogP contribution in [0.3, 0.4) is 0 Å². The molecule has 0 saturated heterocycles. The molecule has 168 valence electrons. The lowest BCUT2D eigenvalue weighted by Gasteiger charge is -2.25. The SMILES string of the molecule is CCCCCOc1ccc(C2c3c(oc4ccccc4c3=O)C(=O)N2CCO)cc1OC. The van der Waals surface area contributed by atoms with Gasteiger partial charge in [0.05, 0.1) is 37.3 Å². The number of aliphatic hydroxyl groups excluding tert-OH is 1. The largest absolute Gasteiger partial charge is 0.493 e. The number of β-amino-alcohol motifs (C(OH)–C–C–N with tert-alkyl or cyclic N) is 1. The number of unbranched alkanes of at least 4 members (excludes halogenated alkanes) is 2. The number of benzene rings is 2. The monoisotopic (exact) mass is 437 g/mol. The van der Waals surface area contributed by atoms with Crippen LogP contribution < -0.4 is 14.9 Å². The topological polar surface area (TPSA) is 89.2 Å². The fourth-order valence-electron chi connectivity index (χ4n) is 4.16. The number of ether oxygens (including phenoxy) is 2. The second kappa shape index (κ2) is 9.44. The quantitative estimate of drug-likeness (QED) is 0.511. The van der Waals surface area contributed by atoms with E-state index in [9.17, 15) is 14.7 Å². The summed E-state index contributed by atoms with van der Waals surface area (Å²) < 4.78 is 17.3. The molecule has 1 atom stereocenters. The second-order valence-corrected chi connectivity index (χ2v) is 7.76. The number of para-hydroxylation sites is 1. The molecule has 1 unspecified atom stereocenters. The van der Waals surface area contributed by atoms with E-state index in [1.54, 1.807) is 43.5 Å². The first kappa shape index (κ1) is 21.9. The summed E-state index contributed by atoms with van der Waals surface area (Å²) in [5.74, 6) is 0.733. The van der Waals surface area contributed by atoms with Crippen LogP contribution >= 0.6 is 0 Å². The zero-order chi connectivity index (χ0) is 22.7. The molecule has 32 heavy (non-hydrogen) atoms. The summed E-state index contributed by atoms with van der Waals surface area (Å²) in [4.78, 5) is 27.9. The van der Waals surface area contributed by atoms with Gasteiger partial charge in [-0.05, 0) is 36.2 Å². The lowest BCUT2D eigenvalue weighted by atomic mass is 9.98. The van der Waals surface area contributed by atoms with E-state index >= 15 is 0 Å². The smallest absolute Gasteiger partial charge is 0.290 e. The van der Waals surface area contributed by atoms with Gasteiger partial charge >= 0.3 is 0 Å². The Morgan fingerprint density at radius 2 is 1.91 bits per heavy atom. The number of carbonyl (C=O) groups is 1. The molecule has 7 nitrogen and oxygen atoms in total. The highest BCUT2D eigenvalue weighted by Gasteiger charge is 2.42. The van der Waals surface area contributed by atoms with Gasteiger partial charge in [0, 0.05) is 6.54 Å². The third kappa shape index (κ3) is 3.84. The third-order valence-corrected chi connectivity index (χ3v) is 5.72. The zero-order valence-electron chi connectivity index (χ0n) is 18.3. The van der Waals surface area contributed by atoms with Gasteiger partial charge in [0.15, 0.2) is 16.9 Å². The minimum Gasteiger partial charge on any atom is -0.493 e. The molecule has 3 aromatic rings. The van der Waals surface area contributed by atoms with Crippen LogP contribution in [0.15, 0.2) is 51.7 Å². The number of aliphatic hydroxyl groups is 1. The molecule has 0 spiro atoms. The van der Waals surface area contributed by atoms with Crippen molar-refractivity contribution in [2.45, 2.75) is 32.2 Å². The van der Waals surface area contributed by atoms with Gasteiger partial charge in [-0.25, -0.2) is 0 Å². The minimum atomic E-state index is -0.687. The van der Waals surface area contributed by atoms with E-state index in [1.807, 2.05) is 6.07 Å². The molecule has 1 aliphatic heterocycles. The number of carbonyl (C=O) groups excluding carboxylic acids is 1. The van der Waals surface area contributed by atoms with Gasteiger partial charge in [-0.1, -0.05) is 38.0 Å². The molecule has 0 saturated carbocycles. The van der Waals surface area contributed by atoms with E-state index in [4.69, 9.17) is 13.9 Å². The molecule has 0 bridgehead atoms. The van der Waals surface area contributed by atoms with Crippen molar-refractivity contribution < 1.29 is 23.8 Å². The van der Waals surface area contributed by atoms with Crippen molar-refractivity contribution >= 4 is 16.9 Å². The number of rotatable bonds is 9. The maximum Gasteiger partial charge on any atom is 0.290 e. The van der Waals surface area contributed by atoms with Crippen LogP contribution in [0.5, 0.6) is 11.5 Å². The Kier molecular flexibility index (Phi) is 6.46. The summed E-state index contributed by atoms with van der Waals surface area (Å²) >= 11 is 0. The summed E-state index contributed by atoms with van der Waals surface area (Å²) in [5.41, 5.74) is 1.08. The summed E-state index contributed by atoms with van der Waals surface area (Å²) in [6, 6.07) is 11.6. The van der Waals surface area contributed by atoms with Gasteiger partial charge in [-0.3, -0.25) is 9.59 Å². The number of methoxy groups -OCH3 is 1. The molecule has 2 heterocycles. The van der Waals surface area contributed by atoms with Crippen LogP contribution in [0.25, 0.3) is 11.0 Å². The van der Waals surface area contributed by atoms with Crippen molar-refractivity contribution in [2.75, 3.05) is 26.9 Å². The van der Waals surface area contributed by atoms with Crippen LogP contribution in [0.1, 0.15) is 53.9 Å². The highest BCUT2D eigenvalue weighted by atomic mass is 16.5. The lowest BCUT2D eigenvalue weighted by Crippen LogP contribution is -2.32. The Bertz CT molecular complexity index is 1180. The highest BCUT2D eigenvalue weighted by Crippen LogP contribution is 2.40. The Balaban J connectivity index is 1.79. The predicted octanol–water partition coefficient (Wildman–Crippen LogP) is 3.91. The molecular formula is C25H27NO6. The number of amides is 1. The van der Waals surface area contributed by atoms with Gasteiger partial charge < -0.3 is 23.9 Å². The zero-order valence-corrected chi connectivity index (χ0v) is 18.3. The standard InChI is InChI=1S/C25H27NO6/c1-3-4-7-14-31-19-11-10-16(15-20(19)30-2)22-21-23(28)17-8-5-6-9-18(17)32-24(21)25(29)26(22)12-13-27/h5-6,8-11,15,22,27H,3-4,7,12-14H2,1-2H3. The molecule has 4 rings (SSSR count). The lowest BCUT2D eigenvalue weighted by molar-refractivity contribution is 0.0691. The maximum atomic E-state index is 13.4.